The van der Waals surface area contributed by atoms with Gasteiger partial charge in [-0.1, -0.05) is 12.1 Å². The molecule has 2 aromatic rings. The van der Waals surface area contributed by atoms with Crippen LogP contribution < -0.4 is 10.6 Å². The molecule has 0 bridgehead atoms. The molecule has 0 spiro atoms. The molecule has 0 radical (unpaired) electrons. The Bertz CT molecular complexity index is 660. The van der Waals surface area contributed by atoms with Crippen LogP contribution in [0.15, 0.2) is 30.3 Å². The van der Waals surface area contributed by atoms with Gasteiger partial charge in [-0.15, -0.1) is 11.3 Å². The number of benzene rings is 1. The fourth-order valence-corrected chi connectivity index (χ4v) is 3.79. The second-order valence-corrected chi connectivity index (χ2v) is 6.70. The molecule has 0 unspecified atom stereocenters. The minimum atomic E-state index is -0.249. The highest BCUT2D eigenvalue weighted by Gasteiger charge is 2.19. The van der Waals surface area contributed by atoms with E-state index < -0.39 is 0 Å². The molecule has 0 aliphatic carbocycles. The van der Waals surface area contributed by atoms with Crippen molar-refractivity contribution in [3.8, 4) is 10.4 Å². The molecule has 1 saturated heterocycles. The summed E-state index contributed by atoms with van der Waals surface area (Å²) in [5, 5.41) is 6.38. The van der Waals surface area contributed by atoms with E-state index in [1.165, 1.54) is 23.5 Å². The van der Waals surface area contributed by atoms with Crippen LogP contribution in [0.2, 0.25) is 0 Å². The summed E-state index contributed by atoms with van der Waals surface area (Å²) < 4.78 is 13.0. The normalized spacial score (nSPS) is 18.2. The van der Waals surface area contributed by atoms with Crippen LogP contribution in [0, 0.1) is 12.7 Å². The number of hydrogen-bond donors (Lipinski definition) is 2. The Labute approximate surface area is 133 Å². The average molecular weight is 318 g/mol. The molecule has 1 aromatic carbocycles. The minimum Gasteiger partial charge on any atom is -0.347 e. The van der Waals surface area contributed by atoms with Crippen molar-refractivity contribution in [2.75, 3.05) is 13.1 Å². The van der Waals surface area contributed by atoms with Crippen LogP contribution >= 0.6 is 11.3 Å². The first-order valence-corrected chi connectivity index (χ1v) is 8.33. The van der Waals surface area contributed by atoms with E-state index in [1.807, 2.05) is 13.0 Å². The molecule has 1 aromatic heterocycles. The highest BCUT2D eigenvalue weighted by Crippen LogP contribution is 2.32. The van der Waals surface area contributed by atoms with Gasteiger partial charge in [-0.2, -0.15) is 0 Å². The topological polar surface area (TPSA) is 41.1 Å². The molecular formula is C17H19FN2OS. The number of hydrogen-bond acceptors (Lipinski definition) is 3. The van der Waals surface area contributed by atoms with Crippen LogP contribution in [0.5, 0.6) is 0 Å². The zero-order valence-corrected chi connectivity index (χ0v) is 13.3. The van der Waals surface area contributed by atoms with Gasteiger partial charge in [0, 0.05) is 17.5 Å². The van der Waals surface area contributed by atoms with Gasteiger partial charge < -0.3 is 10.6 Å². The molecule has 5 heteroatoms. The van der Waals surface area contributed by atoms with Gasteiger partial charge in [0.05, 0.1) is 4.88 Å². The number of carbonyl (C=O) groups is 1. The molecule has 116 valence electrons. The summed E-state index contributed by atoms with van der Waals surface area (Å²) in [6.45, 7) is 3.84. The van der Waals surface area contributed by atoms with Crippen LogP contribution in [0.4, 0.5) is 4.39 Å². The maximum absolute atomic E-state index is 13.0. The van der Waals surface area contributed by atoms with Crippen molar-refractivity contribution >= 4 is 17.2 Å². The largest absolute Gasteiger partial charge is 0.347 e. The number of piperidine rings is 1. The zero-order valence-electron chi connectivity index (χ0n) is 12.5. The molecule has 2 heterocycles. The first-order valence-electron chi connectivity index (χ1n) is 7.51. The molecule has 3 nitrogen and oxygen atoms in total. The number of amides is 1. The lowest BCUT2D eigenvalue weighted by Gasteiger charge is -2.23. The Balaban J connectivity index is 1.76. The van der Waals surface area contributed by atoms with E-state index in [2.05, 4.69) is 10.6 Å². The third-order valence-corrected chi connectivity index (χ3v) is 5.17. The van der Waals surface area contributed by atoms with E-state index in [0.29, 0.717) is 4.88 Å². The van der Waals surface area contributed by atoms with E-state index in [0.717, 1.165) is 41.9 Å². The summed E-state index contributed by atoms with van der Waals surface area (Å²) in [7, 11) is 0. The lowest BCUT2D eigenvalue weighted by Crippen LogP contribution is -2.45. The van der Waals surface area contributed by atoms with Crippen molar-refractivity contribution in [1.82, 2.24) is 10.6 Å². The Morgan fingerprint density at radius 3 is 2.82 bits per heavy atom. The second kappa shape index (κ2) is 6.58. The number of thiophene rings is 1. The number of carbonyl (C=O) groups excluding carboxylic acids is 1. The summed E-state index contributed by atoms with van der Waals surface area (Å²) in [6, 6.07) is 8.51. The van der Waals surface area contributed by atoms with Crippen LogP contribution in [0.3, 0.4) is 0 Å². The van der Waals surface area contributed by atoms with E-state index >= 15 is 0 Å². The molecule has 2 N–H and O–H groups in total. The lowest BCUT2D eigenvalue weighted by atomic mass is 10.1. The minimum absolute atomic E-state index is 0.0184. The highest BCUT2D eigenvalue weighted by atomic mass is 32.1. The molecule has 1 amide bonds. The van der Waals surface area contributed by atoms with Crippen molar-refractivity contribution in [3.05, 3.63) is 46.6 Å². The summed E-state index contributed by atoms with van der Waals surface area (Å²) in [5.74, 6) is -0.268. The molecule has 22 heavy (non-hydrogen) atoms. The first-order chi connectivity index (χ1) is 10.6. The van der Waals surface area contributed by atoms with Gasteiger partial charge >= 0.3 is 0 Å². The van der Waals surface area contributed by atoms with Crippen LogP contribution in [-0.4, -0.2) is 25.0 Å². The molecule has 3 rings (SSSR count). The number of aryl methyl sites for hydroxylation is 1. The van der Waals surface area contributed by atoms with Crippen molar-refractivity contribution in [2.24, 2.45) is 0 Å². The smallest absolute Gasteiger partial charge is 0.261 e. The third-order valence-electron chi connectivity index (χ3n) is 3.88. The average Bonchev–Trinajstić information content (AvgIpc) is 2.91. The van der Waals surface area contributed by atoms with Crippen molar-refractivity contribution in [3.63, 3.8) is 0 Å². The van der Waals surface area contributed by atoms with Crippen LogP contribution in [0.25, 0.3) is 10.4 Å². The highest BCUT2D eigenvalue weighted by molar-refractivity contribution is 7.17. The SMILES string of the molecule is Cc1cc(C(=O)N[C@H]2CCCNC2)sc1-c1ccc(F)cc1. The molecule has 1 aliphatic rings. The van der Waals surface area contributed by atoms with E-state index in [9.17, 15) is 9.18 Å². The maximum atomic E-state index is 13.0. The van der Waals surface area contributed by atoms with Gasteiger partial charge in [0.15, 0.2) is 0 Å². The Hall–Kier alpha value is -1.72. The van der Waals surface area contributed by atoms with Gasteiger partial charge in [0.25, 0.3) is 5.91 Å². The van der Waals surface area contributed by atoms with Gasteiger partial charge in [0.1, 0.15) is 5.82 Å². The van der Waals surface area contributed by atoms with Gasteiger partial charge in [0.2, 0.25) is 0 Å². The van der Waals surface area contributed by atoms with Crippen molar-refractivity contribution in [1.29, 1.82) is 0 Å². The van der Waals surface area contributed by atoms with E-state index in [-0.39, 0.29) is 17.8 Å². The van der Waals surface area contributed by atoms with Gasteiger partial charge in [-0.25, -0.2) is 4.39 Å². The third kappa shape index (κ3) is 3.36. The fraction of sp³-hybridized carbons (Fsp3) is 0.353. The maximum Gasteiger partial charge on any atom is 0.261 e. The number of rotatable bonds is 3. The van der Waals surface area contributed by atoms with E-state index in [4.69, 9.17) is 0 Å². The zero-order chi connectivity index (χ0) is 15.5. The monoisotopic (exact) mass is 318 g/mol. The predicted octanol–water partition coefficient (Wildman–Crippen LogP) is 3.34. The first kappa shape index (κ1) is 15.2. The van der Waals surface area contributed by atoms with Gasteiger partial charge in [-0.3, -0.25) is 4.79 Å². The van der Waals surface area contributed by atoms with Crippen molar-refractivity contribution in [2.45, 2.75) is 25.8 Å². The van der Waals surface area contributed by atoms with Crippen molar-refractivity contribution < 1.29 is 9.18 Å². The molecule has 1 atom stereocenters. The quantitative estimate of drug-likeness (QED) is 0.911. The molecular weight excluding hydrogens is 299 g/mol. The second-order valence-electron chi connectivity index (χ2n) is 5.65. The standard InChI is InChI=1S/C17H19FN2OS/c1-11-9-15(17(21)20-14-3-2-8-19-10-14)22-16(11)12-4-6-13(18)7-5-12/h4-7,9,14,19H,2-3,8,10H2,1H3,(H,20,21)/t14-/m0/s1. The Morgan fingerprint density at radius 1 is 1.36 bits per heavy atom. The summed E-state index contributed by atoms with van der Waals surface area (Å²) in [6.07, 6.45) is 2.11. The van der Waals surface area contributed by atoms with Gasteiger partial charge in [-0.05, 0) is 55.6 Å². The summed E-state index contributed by atoms with van der Waals surface area (Å²) in [5.41, 5.74) is 1.99. The fourth-order valence-electron chi connectivity index (χ4n) is 2.71. The summed E-state index contributed by atoms with van der Waals surface area (Å²) in [4.78, 5) is 14.1. The molecule has 1 fully saturated rings. The number of nitrogens with one attached hydrogen (secondary N) is 2. The molecule has 1 aliphatic heterocycles. The Morgan fingerprint density at radius 2 is 2.14 bits per heavy atom. The Kier molecular flexibility index (Phi) is 4.55. The van der Waals surface area contributed by atoms with Crippen LogP contribution in [0.1, 0.15) is 28.1 Å². The lowest BCUT2D eigenvalue weighted by molar-refractivity contribution is 0.0935. The predicted molar refractivity (Wildman–Crippen MR) is 87.8 cm³/mol. The summed E-state index contributed by atoms with van der Waals surface area (Å²) >= 11 is 1.46. The number of halogens is 1. The van der Waals surface area contributed by atoms with E-state index in [1.54, 1.807) is 12.1 Å². The van der Waals surface area contributed by atoms with Crippen LogP contribution in [-0.2, 0) is 0 Å². The molecule has 0 saturated carbocycles.